The predicted molar refractivity (Wildman–Crippen MR) is 144 cm³/mol. The first-order chi connectivity index (χ1) is 18.6. The van der Waals surface area contributed by atoms with Gasteiger partial charge in [-0.15, -0.1) is 0 Å². The highest BCUT2D eigenvalue weighted by Gasteiger charge is 2.55. The maximum atomic E-state index is 13.2. The van der Waals surface area contributed by atoms with Crippen molar-refractivity contribution in [2.45, 2.75) is 88.7 Å². The minimum absolute atomic E-state index is 0.0271. The van der Waals surface area contributed by atoms with E-state index in [4.69, 9.17) is 14.2 Å². The second kappa shape index (κ2) is 11.0. The third kappa shape index (κ3) is 4.90. The Hall–Kier alpha value is -3.02. The lowest BCUT2D eigenvalue weighted by molar-refractivity contribution is -0.156. The topological polar surface area (TPSA) is 65.1 Å². The van der Waals surface area contributed by atoms with Crippen LogP contribution in [0.5, 0.6) is 5.75 Å². The number of benzene rings is 2. The fraction of sp³-hybridized carbons (Fsp3) is 0.562. The first-order valence-corrected chi connectivity index (χ1v) is 14.5. The van der Waals surface area contributed by atoms with E-state index in [9.17, 15) is 9.59 Å². The third-order valence-electron chi connectivity index (χ3n) is 9.61. The largest absolute Gasteiger partial charge is 0.457 e. The molecule has 1 saturated heterocycles. The zero-order valence-corrected chi connectivity index (χ0v) is 22.2. The number of esters is 1. The molecule has 1 amide bonds. The number of hydrogen-bond acceptors (Lipinski definition) is 5. The molecule has 3 atom stereocenters. The average Bonchev–Trinajstić information content (AvgIpc) is 2.97. The highest BCUT2D eigenvalue weighted by molar-refractivity contribution is 5.72. The van der Waals surface area contributed by atoms with Crippen molar-refractivity contribution >= 4 is 12.1 Å². The van der Waals surface area contributed by atoms with Gasteiger partial charge < -0.3 is 19.1 Å². The molecule has 0 radical (unpaired) electrons. The van der Waals surface area contributed by atoms with Gasteiger partial charge in [-0.25, -0.2) is 4.79 Å². The highest BCUT2D eigenvalue weighted by Crippen LogP contribution is 2.56. The van der Waals surface area contributed by atoms with E-state index in [0.29, 0.717) is 12.5 Å². The van der Waals surface area contributed by atoms with Crippen molar-refractivity contribution in [3.8, 4) is 5.75 Å². The van der Waals surface area contributed by atoms with Crippen molar-refractivity contribution < 1.29 is 23.8 Å². The zero-order chi connectivity index (χ0) is 26.0. The highest BCUT2D eigenvalue weighted by atomic mass is 16.7. The van der Waals surface area contributed by atoms with E-state index in [1.165, 1.54) is 30.4 Å². The molecule has 4 aliphatic rings. The van der Waals surface area contributed by atoms with Crippen molar-refractivity contribution in [1.29, 1.82) is 0 Å². The van der Waals surface area contributed by atoms with Crippen LogP contribution >= 0.6 is 0 Å². The number of amides is 1. The van der Waals surface area contributed by atoms with Gasteiger partial charge in [0, 0.05) is 18.0 Å². The van der Waals surface area contributed by atoms with Gasteiger partial charge in [-0.05, 0) is 73.3 Å². The quantitative estimate of drug-likeness (QED) is 0.321. The summed E-state index contributed by atoms with van der Waals surface area (Å²) >= 11 is 0. The summed E-state index contributed by atoms with van der Waals surface area (Å²) in [6.45, 7) is 0.994. The number of hydrogen-bond donors (Lipinski definition) is 0. The van der Waals surface area contributed by atoms with Crippen molar-refractivity contribution in [2.24, 2.45) is 11.8 Å². The smallest absolute Gasteiger partial charge is 0.410 e. The Kier molecular flexibility index (Phi) is 7.31. The van der Waals surface area contributed by atoms with Crippen molar-refractivity contribution in [1.82, 2.24) is 4.90 Å². The first kappa shape index (κ1) is 25.3. The SMILES string of the molecule is O=C(OCOc1ccc2c(c1)[C@]13CCCC[C@@H]1[C@@H](C2)N(C(=O)OCc1ccccc1)CC3)C1CCCCC1. The summed E-state index contributed by atoms with van der Waals surface area (Å²) in [6, 6.07) is 16.4. The fourth-order valence-corrected chi connectivity index (χ4v) is 7.71. The summed E-state index contributed by atoms with van der Waals surface area (Å²) in [5.74, 6) is 1.10. The molecule has 0 unspecified atom stereocenters. The molecule has 0 aromatic heterocycles. The van der Waals surface area contributed by atoms with Crippen LogP contribution < -0.4 is 4.74 Å². The van der Waals surface area contributed by atoms with Gasteiger partial charge in [-0.3, -0.25) is 4.79 Å². The van der Waals surface area contributed by atoms with Crippen LogP contribution in [0.15, 0.2) is 48.5 Å². The van der Waals surface area contributed by atoms with Crippen molar-refractivity contribution in [3.05, 3.63) is 65.2 Å². The number of likely N-dealkylation sites (tertiary alicyclic amines) is 1. The monoisotopic (exact) mass is 517 g/mol. The molecule has 3 aliphatic carbocycles. The fourth-order valence-electron chi connectivity index (χ4n) is 7.71. The number of carbonyl (C=O) groups excluding carboxylic acids is 2. The molecule has 1 aliphatic heterocycles. The average molecular weight is 518 g/mol. The molecule has 6 rings (SSSR count). The molecule has 6 heteroatoms. The van der Waals surface area contributed by atoms with Gasteiger partial charge in [-0.1, -0.05) is 68.5 Å². The van der Waals surface area contributed by atoms with E-state index < -0.39 is 0 Å². The molecule has 2 bridgehead atoms. The normalized spacial score (nSPS) is 26.6. The lowest BCUT2D eigenvalue weighted by Crippen LogP contribution is -2.62. The van der Waals surface area contributed by atoms with E-state index in [2.05, 4.69) is 12.1 Å². The number of rotatable bonds is 6. The second-order valence-corrected chi connectivity index (χ2v) is 11.6. The molecule has 6 nitrogen and oxygen atoms in total. The lowest BCUT2D eigenvalue weighted by Gasteiger charge is -2.58. The number of fused-ring (bicyclic) bond motifs is 1. The van der Waals surface area contributed by atoms with Crippen LogP contribution in [0.25, 0.3) is 0 Å². The molecule has 3 fully saturated rings. The van der Waals surface area contributed by atoms with Gasteiger partial charge in [0.15, 0.2) is 0 Å². The Balaban J connectivity index is 1.15. The Labute approximate surface area is 225 Å². The van der Waals surface area contributed by atoms with Crippen LogP contribution in [0.2, 0.25) is 0 Å². The van der Waals surface area contributed by atoms with Gasteiger partial charge in [0.05, 0.1) is 5.92 Å². The molecule has 0 spiro atoms. The van der Waals surface area contributed by atoms with E-state index in [1.54, 1.807) is 0 Å². The van der Waals surface area contributed by atoms with Gasteiger partial charge in [0.1, 0.15) is 12.4 Å². The Bertz CT molecular complexity index is 1140. The third-order valence-corrected chi connectivity index (χ3v) is 9.61. The summed E-state index contributed by atoms with van der Waals surface area (Å²) in [4.78, 5) is 27.7. The standard InChI is InChI=1S/C32H39NO5/c34-30(24-11-5-2-6-12-24)38-22-37-26-15-14-25-19-29-27-13-7-8-16-32(27,28(25)20-26)17-18-33(29)31(35)36-21-23-9-3-1-4-10-23/h1,3-4,9-10,14-15,20,24,27,29H,2,5-8,11-13,16-19,21-22H2/t27-,29-,32+/m1/s1. The van der Waals surface area contributed by atoms with E-state index >= 15 is 0 Å². The van der Waals surface area contributed by atoms with Crippen LogP contribution in [-0.4, -0.2) is 36.3 Å². The molecule has 202 valence electrons. The van der Waals surface area contributed by atoms with Crippen molar-refractivity contribution in [3.63, 3.8) is 0 Å². The Morgan fingerprint density at radius 3 is 2.55 bits per heavy atom. The van der Waals surface area contributed by atoms with Crippen LogP contribution in [0.4, 0.5) is 4.79 Å². The van der Waals surface area contributed by atoms with Gasteiger partial charge in [0.25, 0.3) is 0 Å². The minimum atomic E-state index is -0.193. The summed E-state index contributed by atoms with van der Waals surface area (Å²) in [5, 5.41) is 0. The maximum Gasteiger partial charge on any atom is 0.410 e. The molecular weight excluding hydrogens is 478 g/mol. The minimum Gasteiger partial charge on any atom is -0.457 e. The molecule has 0 N–H and O–H groups in total. The molecule has 2 saturated carbocycles. The van der Waals surface area contributed by atoms with Crippen LogP contribution in [0.1, 0.15) is 80.9 Å². The zero-order valence-electron chi connectivity index (χ0n) is 22.2. The van der Waals surface area contributed by atoms with Crippen LogP contribution in [0.3, 0.4) is 0 Å². The van der Waals surface area contributed by atoms with E-state index in [1.807, 2.05) is 41.3 Å². The maximum absolute atomic E-state index is 13.2. The molecule has 38 heavy (non-hydrogen) atoms. The Morgan fingerprint density at radius 1 is 0.895 bits per heavy atom. The molecule has 2 aromatic carbocycles. The Morgan fingerprint density at radius 2 is 1.71 bits per heavy atom. The van der Waals surface area contributed by atoms with Crippen LogP contribution in [-0.2, 0) is 32.7 Å². The summed E-state index contributed by atoms with van der Waals surface area (Å²) in [5.41, 5.74) is 3.77. The second-order valence-electron chi connectivity index (χ2n) is 11.6. The van der Waals surface area contributed by atoms with E-state index in [-0.39, 0.29) is 36.2 Å². The summed E-state index contributed by atoms with van der Waals surface area (Å²) < 4.78 is 17.2. The van der Waals surface area contributed by atoms with Crippen LogP contribution in [0, 0.1) is 11.8 Å². The summed E-state index contributed by atoms with van der Waals surface area (Å²) in [6.07, 6.45) is 11.6. The first-order valence-electron chi connectivity index (χ1n) is 14.5. The molecule has 1 heterocycles. The molecular formula is C32H39NO5. The number of nitrogens with zero attached hydrogens (tertiary/aromatic N) is 1. The molecule has 2 aromatic rings. The van der Waals surface area contributed by atoms with Gasteiger partial charge >= 0.3 is 12.1 Å². The number of ether oxygens (including phenoxy) is 3. The number of piperidine rings is 1. The lowest BCUT2D eigenvalue weighted by atomic mass is 9.52. The van der Waals surface area contributed by atoms with Gasteiger partial charge in [-0.2, -0.15) is 0 Å². The van der Waals surface area contributed by atoms with E-state index in [0.717, 1.165) is 69.2 Å². The van der Waals surface area contributed by atoms with Gasteiger partial charge in [0.2, 0.25) is 6.79 Å². The van der Waals surface area contributed by atoms with Crippen molar-refractivity contribution in [2.75, 3.05) is 13.3 Å². The predicted octanol–water partition coefficient (Wildman–Crippen LogP) is 6.54. The summed E-state index contributed by atoms with van der Waals surface area (Å²) in [7, 11) is 0. The number of carbonyl (C=O) groups is 2.